The van der Waals surface area contributed by atoms with Crippen molar-refractivity contribution in [2.45, 2.75) is 26.7 Å². The number of rotatable bonds is 9. The van der Waals surface area contributed by atoms with Crippen LogP contribution in [0, 0.1) is 0 Å². The summed E-state index contributed by atoms with van der Waals surface area (Å²) in [6, 6.07) is 4.77. The van der Waals surface area contributed by atoms with Crippen molar-refractivity contribution >= 4 is 15.6 Å². The van der Waals surface area contributed by atoms with E-state index in [1.165, 1.54) is 0 Å². The van der Waals surface area contributed by atoms with Crippen LogP contribution in [0.2, 0.25) is 0 Å². The minimum Gasteiger partial charge on any atom is -0.490 e. The van der Waals surface area contributed by atoms with Crippen LogP contribution in [-0.2, 0) is 9.84 Å². The molecule has 0 aliphatic rings. The van der Waals surface area contributed by atoms with Crippen molar-refractivity contribution in [1.82, 2.24) is 0 Å². The Hall–Kier alpha value is -1.56. The van der Waals surface area contributed by atoms with Crippen molar-refractivity contribution in [1.29, 1.82) is 0 Å². The van der Waals surface area contributed by atoms with Crippen LogP contribution in [0.5, 0.6) is 11.5 Å². The first-order chi connectivity index (χ1) is 9.87. The summed E-state index contributed by atoms with van der Waals surface area (Å²) in [6.07, 6.45) is 2.73. The highest BCUT2D eigenvalue weighted by molar-refractivity contribution is 7.91. The molecule has 0 fully saturated rings. The fourth-order valence-electron chi connectivity index (χ4n) is 1.66. The second-order valence-electron chi connectivity index (χ2n) is 4.85. The lowest BCUT2D eigenvalue weighted by molar-refractivity contribution is 0.102. The van der Waals surface area contributed by atoms with E-state index in [4.69, 9.17) is 9.47 Å². The number of hydrogen-bond donors (Lipinski definition) is 0. The molecule has 0 saturated heterocycles. The molecule has 5 nitrogen and oxygen atoms in total. The molecule has 0 heterocycles. The second kappa shape index (κ2) is 8.02. The van der Waals surface area contributed by atoms with Gasteiger partial charge in [0.15, 0.2) is 27.1 Å². The number of carbonyl (C=O) groups is 1. The lowest BCUT2D eigenvalue weighted by Crippen LogP contribution is -2.14. The van der Waals surface area contributed by atoms with Crippen LogP contribution in [0.3, 0.4) is 0 Å². The second-order valence-corrected chi connectivity index (χ2v) is 6.99. The predicted octanol–water partition coefficient (Wildman–Crippen LogP) is 2.49. The molecule has 0 N–H and O–H groups in total. The summed E-state index contributed by atoms with van der Waals surface area (Å²) in [4.78, 5) is 11.9. The molecule has 1 aromatic rings. The first kappa shape index (κ1) is 17.5. The first-order valence-corrected chi connectivity index (χ1v) is 9.04. The van der Waals surface area contributed by atoms with Crippen molar-refractivity contribution in [3.63, 3.8) is 0 Å². The highest BCUT2D eigenvalue weighted by atomic mass is 32.2. The molecule has 0 bridgehead atoms. The molecule has 0 amide bonds. The van der Waals surface area contributed by atoms with Crippen LogP contribution >= 0.6 is 0 Å². The summed E-state index contributed by atoms with van der Waals surface area (Å²) < 4.78 is 33.5. The quantitative estimate of drug-likeness (QED) is 0.655. The Morgan fingerprint density at radius 1 is 1.05 bits per heavy atom. The predicted molar refractivity (Wildman–Crippen MR) is 82.1 cm³/mol. The standard InChI is InChI=1S/C15H22O5S/c1-4-8-19-14-7-6-12(10-15(14)20-9-5-2)13(16)11-21(3,17)18/h6-7,10H,4-5,8-9,11H2,1-3H3. The van der Waals surface area contributed by atoms with Crippen LogP contribution < -0.4 is 9.47 Å². The normalized spacial score (nSPS) is 11.2. The number of sulfone groups is 1. The average molecular weight is 314 g/mol. The number of ketones is 1. The van der Waals surface area contributed by atoms with Crippen LogP contribution in [0.1, 0.15) is 37.0 Å². The Kier molecular flexibility index (Phi) is 6.68. The minimum atomic E-state index is -3.35. The zero-order valence-electron chi connectivity index (χ0n) is 12.7. The zero-order chi connectivity index (χ0) is 15.9. The van der Waals surface area contributed by atoms with Gasteiger partial charge in [0.25, 0.3) is 0 Å². The third-order valence-corrected chi connectivity index (χ3v) is 3.37. The molecule has 0 aromatic heterocycles. The van der Waals surface area contributed by atoms with Crippen LogP contribution in [-0.4, -0.2) is 39.4 Å². The van der Waals surface area contributed by atoms with Crippen molar-refractivity contribution in [2.75, 3.05) is 25.2 Å². The summed E-state index contributed by atoms with van der Waals surface area (Å²) in [5.41, 5.74) is 0.315. The topological polar surface area (TPSA) is 69.7 Å². The summed E-state index contributed by atoms with van der Waals surface area (Å²) in [5.74, 6) is 0.0989. The van der Waals surface area contributed by atoms with Gasteiger partial charge < -0.3 is 9.47 Å². The van der Waals surface area contributed by atoms with E-state index in [1.54, 1.807) is 18.2 Å². The summed E-state index contributed by atoms with van der Waals surface area (Å²) in [7, 11) is -3.35. The zero-order valence-corrected chi connectivity index (χ0v) is 13.5. The summed E-state index contributed by atoms with van der Waals surface area (Å²) in [6.45, 7) is 5.03. The van der Waals surface area contributed by atoms with Crippen molar-refractivity contribution in [2.24, 2.45) is 0 Å². The Bertz CT molecular complexity index is 578. The van der Waals surface area contributed by atoms with E-state index in [0.29, 0.717) is 30.3 Å². The lowest BCUT2D eigenvalue weighted by atomic mass is 10.1. The van der Waals surface area contributed by atoms with E-state index >= 15 is 0 Å². The maximum absolute atomic E-state index is 11.9. The van der Waals surface area contributed by atoms with Crippen molar-refractivity contribution < 1.29 is 22.7 Å². The largest absolute Gasteiger partial charge is 0.490 e. The van der Waals surface area contributed by atoms with Gasteiger partial charge >= 0.3 is 0 Å². The molecular weight excluding hydrogens is 292 g/mol. The van der Waals surface area contributed by atoms with Gasteiger partial charge in [-0.15, -0.1) is 0 Å². The van der Waals surface area contributed by atoms with E-state index in [-0.39, 0.29) is 0 Å². The minimum absolute atomic E-state index is 0.315. The smallest absolute Gasteiger partial charge is 0.177 e. The summed E-state index contributed by atoms with van der Waals surface area (Å²) in [5, 5.41) is 0. The molecule has 0 aliphatic carbocycles. The Labute approximate surface area is 126 Å². The summed E-state index contributed by atoms with van der Waals surface area (Å²) >= 11 is 0. The number of Topliss-reactive ketones (excluding diaryl/α,β-unsaturated/α-hetero) is 1. The van der Waals surface area contributed by atoms with Gasteiger partial charge in [-0.05, 0) is 31.0 Å². The molecule has 0 unspecified atom stereocenters. The molecule has 118 valence electrons. The van der Waals surface area contributed by atoms with Gasteiger partial charge in [0, 0.05) is 11.8 Å². The average Bonchev–Trinajstić information content (AvgIpc) is 2.41. The van der Waals surface area contributed by atoms with Gasteiger partial charge in [-0.3, -0.25) is 4.79 Å². The van der Waals surface area contributed by atoms with Gasteiger partial charge in [0.05, 0.1) is 13.2 Å². The third kappa shape index (κ3) is 6.16. The maximum Gasteiger partial charge on any atom is 0.177 e. The molecule has 0 radical (unpaired) electrons. The monoisotopic (exact) mass is 314 g/mol. The molecule has 0 spiro atoms. The molecule has 0 saturated carbocycles. The molecular formula is C15H22O5S. The number of benzene rings is 1. The molecule has 1 rings (SSSR count). The van der Waals surface area contributed by atoms with E-state index in [2.05, 4.69) is 0 Å². The van der Waals surface area contributed by atoms with Gasteiger partial charge in [-0.1, -0.05) is 13.8 Å². The van der Waals surface area contributed by atoms with Gasteiger partial charge in [-0.2, -0.15) is 0 Å². The van der Waals surface area contributed by atoms with Crippen LogP contribution in [0.15, 0.2) is 18.2 Å². The molecule has 21 heavy (non-hydrogen) atoms. The van der Waals surface area contributed by atoms with Gasteiger partial charge in [0.2, 0.25) is 0 Å². The molecule has 1 aromatic carbocycles. The van der Waals surface area contributed by atoms with E-state index in [0.717, 1.165) is 19.1 Å². The Morgan fingerprint density at radius 3 is 2.14 bits per heavy atom. The van der Waals surface area contributed by atoms with E-state index in [1.807, 2.05) is 13.8 Å². The van der Waals surface area contributed by atoms with Crippen molar-refractivity contribution in [3.05, 3.63) is 23.8 Å². The van der Waals surface area contributed by atoms with E-state index < -0.39 is 21.4 Å². The number of hydrogen-bond acceptors (Lipinski definition) is 5. The van der Waals surface area contributed by atoms with Crippen LogP contribution in [0.4, 0.5) is 0 Å². The highest BCUT2D eigenvalue weighted by Crippen LogP contribution is 2.29. The number of carbonyl (C=O) groups excluding carboxylic acids is 1. The Balaban J connectivity index is 2.99. The van der Waals surface area contributed by atoms with Gasteiger partial charge in [-0.25, -0.2) is 8.42 Å². The van der Waals surface area contributed by atoms with Crippen LogP contribution in [0.25, 0.3) is 0 Å². The highest BCUT2D eigenvalue weighted by Gasteiger charge is 2.16. The van der Waals surface area contributed by atoms with Gasteiger partial charge in [0.1, 0.15) is 5.75 Å². The maximum atomic E-state index is 11.9. The lowest BCUT2D eigenvalue weighted by Gasteiger charge is -2.13. The van der Waals surface area contributed by atoms with E-state index in [9.17, 15) is 13.2 Å². The van der Waals surface area contributed by atoms with Crippen molar-refractivity contribution in [3.8, 4) is 11.5 Å². The third-order valence-electron chi connectivity index (χ3n) is 2.58. The first-order valence-electron chi connectivity index (χ1n) is 6.98. The fraction of sp³-hybridized carbons (Fsp3) is 0.533. The fourth-order valence-corrected chi connectivity index (χ4v) is 2.30. The SMILES string of the molecule is CCCOc1ccc(C(=O)CS(C)(=O)=O)cc1OCCC. The number of ether oxygens (including phenoxy) is 2. The molecule has 0 aliphatic heterocycles. The molecule has 0 atom stereocenters. The Morgan fingerprint density at radius 2 is 1.62 bits per heavy atom. The molecule has 6 heteroatoms.